The number of carbonyl (C=O) groups is 2. The summed E-state index contributed by atoms with van der Waals surface area (Å²) < 4.78 is 1.59. The fraction of sp³-hybridized carbons (Fsp3) is 0.615. The minimum atomic E-state index is -0.890. The highest BCUT2D eigenvalue weighted by Crippen LogP contribution is 2.24. The van der Waals surface area contributed by atoms with Crippen molar-refractivity contribution in [3.05, 3.63) is 11.4 Å². The summed E-state index contributed by atoms with van der Waals surface area (Å²) in [5.41, 5.74) is 6.48. The number of nitrogens with one attached hydrogen (secondary N) is 1. The predicted octanol–water partition coefficient (Wildman–Crippen LogP) is 0.144. The lowest BCUT2D eigenvalue weighted by Gasteiger charge is -2.41. The lowest BCUT2D eigenvalue weighted by molar-refractivity contribution is -0.133. The lowest BCUT2D eigenvalue weighted by atomic mass is 9.98. The van der Waals surface area contributed by atoms with Gasteiger partial charge >= 0.3 is 0 Å². The second kappa shape index (κ2) is 4.81. The molecular weight excluding hydrogens is 258 g/mol. The van der Waals surface area contributed by atoms with Crippen LogP contribution < -0.4 is 11.1 Å². The van der Waals surface area contributed by atoms with Gasteiger partial charge in [-0.3, -0.25) is 14.3 Å². The molecule has 0 aliphatic carbocycles. The predicted molar refractivity (Wildman–Crippen MR) is 75.2 cm³/mol. The maximum atomic E-state index is 12.8. The number of nitrogens with zero attached hydrogens (tertiary/aromatic N) is 3. The van der Waals surface area contributed by atoms with E-state index in [0.717, 1.165) is 0 Å². The molecule has 0 atom stereocenters. The summed E-state index contributed by atoms with van der Waals surface area (Å²) in [6, 6.07) is 0. The molecule has 0 bridgehead atoms. The van der Waals surface area contributed by atoms with Crippen LogP contribution in [0.25, 0.3) is 0 Å². The first-order chi connectivity index (χ1) is 9.30. The smallest absolute Gasteiger partial charge is 0.275 e. The second-order valence-electron chi connectivity index (χ2n) is 5.44. The first-order valence-electron chi connectivity index (χ1n) is 6.73. The number of nitrogen functional groups attached to an aromatic ring is 1. The van der Waals surface area contributed by atoms with Crippen LogP contribution in [-0.2, 0) is 11.3 Å². The molecule has 0 saturated carbocycles. The molecular formula is C13H21N5O2. The SMILES string of the molecule is CCn1nc(C)c(N)c1C(=O)N1CCNC(=O)C1(C)C. The number of nitrogens with two attached hydrogens (primary N) is 1. The Bertz CT molecular complexity index is 561. The van der Waals surface area contributed by atoms with Gasteiger partial charge in [-0.1, -0.05) is 0 Å². The van der Waals surface area contributed by atoms with E-state index in [-0.39, 0.29) is 11.8 Å². The Balaban J connectivity index is 2.43. The highest BCUT2D eigenvalue weighted by atomic mass is 16.2. The average Bonchev–Trinajstić information content (AvgIpc) is 2.68. The normalized spacial score (nSPS) is 18.0. The van der Waals surface area contributed by atoms with E-state index in [9.17, 15) is 9.59 Å². The fourth-order valence-corrected chi connectivity index (χ4v) is 2.43. The van der Waals surface area contributed by atoms with Crippen molar-refractivity contribution in [3.8, 4) is 0 Å². The van der Waals surface area contributed by atoms with Crippen LogP contribution in [0.5, 0.6) is 0 Å². The lowest BCUT2D eigenvalue weighted by Crippen LogP contribution is -2.63. The Morgan fingerprint density at radius 2 is 2.15 bits per heavy atom. The van der Waals surface area contributed by atoms with E-state index in [4.69, 9.17) is 5.73 Å². The summed E-state index contributed by atoms with van der Waals surface area (Å²) in [7, 11) is 0. The topological polar surface area (TPSA) is 93.2 Å². The van der Waals surface area contributed by atoms with Crippen molar-refractivity contribution in [1.29, 1.82) is 0 Å². The highest BCUT2D eigenvalue weighted by molar-refractivity contribution is 6.02. The third kappa shape index (κ3) is 2.03. The molecule has 1 aromatic heterocycles. The fourth-order valence-electron chi connectivity index (χ4n) is 2.43. The number of amides is 2. The van der Waals surface area contributed by atoms with E-state index in [1.165, 1.54) is 0 Å². The van der Waals surface area contributed by atoms with E-state index in [1.807, 2.05) is 6.92 Å². The van der Waals surface area contributed by atoms with E-state index in [1.54, 1.807) is 30.4 Å². The van der Waals surface area contributed by atoms with Gasteiger partial charge in [0.1, 0.15) is 11.2 Å². The number of aryl methyl sites for hydroxylation is 2. The van der Waals surface area contributed by atoms with Gasteiger partial charge in [0.15, 0.2) is 0 Å². The molecule has 20 heavy (non-hydrogen) atoms. The van der Waals surface area contributed by atoms with Gasteiger partial charge in [-0.25, -0.2) is 0 Å². The van der Waals surface area contributed by atoms with Crippen molar-refractivity contribution >= 4 is 17.5 Å². The van der Waals surface area contributed by atoms with E-state index >= 15 is 0 Å². The molecule has 1 saturated heterocycles. The number of anilines is 1. The van der Waals surface area contributed by atoms with Crippen LogP contribution in [0.15, 0.2) is 0 Å². The van der Waals surface area contributed by atoms with Gasteiger partial charge < -0.3 is 16.0 Å². The average molecular weight is 279 g/mol. The van der Waals surface area contributed by atoms with Crippen LogP contribution in [0.1, 0.15) is 37.0 Å². The Hall–Kier alpha value is -2.05. The van der Waals surface area contributed by atoms with Crippen LogP contribution in [0.2, 0.25) is 0 Å². The van der Waals surface area contributed by atoms with E-state index in [2.05, 4.69) is 10.4 Å². The Morgan fingerprint density at radius 1 is 1.50 bits per heavy atom. The molecule has 110 valence electrons. The van der Waals surface area contributed by atoms with Crippen LogP contribution in [0.3, 0.4) is 0 Å². The van der Waals surface area contributed by atoms with Crippen molar-refractivity contribution in [1.82, 2.24) is 20.0 Å². The molecule has 1 aliphatic heterocycles. The van der Waals surface area contributed by atoms with Crippen molar-refractivity contribution < 1.29 is 9.59 Å². The van der Waals surface area contributed by atoms with Crippen LogP contribution in [0.4, 0.5) is 5.69 Å². The highest BCUT2D eigenvalue weighted by Gasteiger charge is 2.42. The number of aromatic nitrogens is 2. The summed E-state index contributed by atoms with van der Waals surface area (Å²) in [5.74, 6) is -0.403. The zero-order valence-electron chi connectivity index (χ0n) is 12.4. The van der Waals surface area contributed by atoms with Crippen molar-refractivity contribution in [2.24, 2.45) is 0 Å². The zero-order valence-corrected chi connectivity index (χ0v) is 12.4. The van der Waals surface area contributed by atoms with Crippen molar-refractivity contribution in [3.63, 3.8) is 0 Å². The molecule has 1 aliphatic rings. The number of hydrogen-bond donors (Lipinski definition) is 2. The van der Waals surface area contributed by atoms with Gasteiger partial charge in [-0.2, -0.15) is 5.10 Å². The zero-order chi connectivity index (χ0) is 15.1. The molecule has 0 unspecified atom stereocenters. The number of hydrogen-bond acceptors (Lipinski definition) is 4. The maximum absolute atomic E-state index is 12.8. The molecule has 1 fully saturated rings. The second-order valence-corrected chi connectivity index (χ2v) is 5.44. The molecule has 7 nitrogen and oxygen atoms in total. The standard InChI is InChI=1S/C13H21N5O2/c1-5-18-10(9(14)8(2)16-18)11(19)17-7-6-15-12(20)13(17,3)4/h5-7,14H2,1-4H3,(H,15,20). The minimum absolute atomic E-state index is 0.157. The third-order valence-corrected chi connectivity index (χ3v) is 3.77. The largest absolute Gasteiger partial charge is 0.395 e. The molecule has 3 N–H and O–H groups in total. The Morgan fingerprint density at radius 3 is 2.75 bits per heavy atom. The maximum Gasteiger partial charge on any atom is 0.275 e. The van der Waals surface area contributed by atoms with Gasteiger partial charge in [0.05, 0.1) is 11.4 Å². The summed E-state index contributed by atoms with van der Waals surface area (Å²) in [4.78, 5) is 26.3. The Labute approximate surface area is 118 Å². The number of rotatable bonds is 2. The summed E-state index contributed by atoms with van der Waals surface area (Å²) in [6.07, 6.45) is 0. The monoisotopic (exact) mass is 279 g/mol. The minimum Gasteiger partial charge on any atom is -0.395 e. The van der Waals surface area contributed by atoms with Crippen LogP contribution >= 0.6 is 0 Å². The molecule has 2 rings (SSSR count). The molecule has 7 heteroatoms. The molecule has 0 radical (unpaired) electrons. The summed E-state index contributed by atoms with van der Waals surface area (Å²) in [6.45, 7) is 8.60. The number of carbonyl (C=O) groups excluding carboxylic acids is 2. The van der Waals surface area contributed by atoms with Gasteiger partial charge in [0.25, 0.3) is 5.91 Å². The van der Waals surface area contributed by atoms with Crippen molar-refractivity contribution in [2.45, 2.75) is 39.8 Å². The van der Waals surface area contributed by atoms with Gasteiger partial charge in [0, 0.05) is 19.6 Å². The Kier molecular flexibility index (Phi) is 3.45. The van der Waals surface area contributed by atoms with Gasteiger partial charge in [-0.05, 0) is 27.7 Å². The first kappa shape index (κ1) is 14.4. The molecule has 0 spiro atoms. The summed E-state index contributed by atoms with van der Waals surface area (Å²) in [5, 5.41) is 7.03. The molecule has 1 aromatic rings. The number of piperazine rings is 1. The van der Waals surface area contributed by atoms with Gasteiger partial charge in [-0.15, -0.1) is 0 Å². The van der Waals surface area contributed by atoms with Crippen LogP contribution in [0, 0.1) is 6.92 Å². The van der Waals surface area contributed by atoms with E-state index in [0.29, 0.717) is 36.7 Å². The summed E-state index contributed by atoms with van der Waals surface area (Å²) >= 11 is 0. The molecule has 2 heterocycles. The van der Waals surface area contributed by atoms with Gasteiger partial charge in [0.2, 0.25) is 5.91 Å². The molecule has 2 amide bonds. The quantitative estimate of drug-likeness (QED) is 0.805. The van der Waals surface area contributed by atoms with Crippen LogP contribution in [-0.4, -0.2) is 45.1 Å². The molecule has 0 aromatic carbocycles. The first-order valence-corrected chi connectivity index (χ1v) is 6.73. The third-order valence-electron chi connectivity index (χ3n) is 3.77. The van der Waals surface area contributed by atoms with E-state index < -0.39 is 5.54 Å². The van der Waals surface area contributed by atoms with Crippen molar-refractivity contribution in [2.75, 3.05) is 18.8 Å².